The van der Waals surface area contributed by atoms with Gasteiger partial charge in [0.25, 0.3) is 6.29 Å². The molecule has 2 bridgehead atoms. The summed E-state index contributed by atoms with van der Waals surface area (Å²) in [5.41, 5.74) is -1.08. The predicted octanol–water partition coefficient (Wildman–Crippen LogP) is 1.56. The number of carbonyl (C=O) groups excluding carboxylic acids is 4. The maximum Gasteiger partial charge on any atom is 0.305 e. The number of amides is 2. The number of hydrogen-bond acceptors (Lipinski definition) is 7. The van der Waals surface area contributed by atoms with Crippen LogP contribution in [-0.2, 0) is 33.4 Å². The largest absolute Gasteiger partial charge is 0.422 e. The number of fused-ring (bicyclic) bond motifs is 5. The average molecular weight is 497 g/mol. The van der Waals surface area contributed by atoms with E-state index >= 15 is 0 Å². The predicted molar refractivity (Wildman–Crippen MR) is 103 cm³/mol. The summed E-state index contributed by atoms with van der Waals surface area (Å²) in [4.78, 5) is 50.6. The van der Waals surface area contributed by atoms with Gasteiger partial charge in [-0.2, -0.15) is 0 Å². The minimum Gasteiger partial charge on any atom is -0.422 e. The van der Waals surface area contributed by atoms with E-state index in [1.807, 2.05) is 0 Å². The summed E-state index contributed by atoms with van der Waals surface area (Å²) >= 11 is 2.13. The van der Waals surface area contributed by atoms with Crippen molar-refractivity contribution in [2.75, 3.05) is 4.90 Å². The molecule has 3 aliphatic heterocycles. The molecule has 0 aromatic heterocycles. The molecule has 2 fully saturated rings. The van der Waals surface area contributed by atoms with E-state index in [2.05, 4.69) is 22.6 Å². The van der Waals surface area contributed by atoms with E-state index in [1.54, 1.807) is 36.4 Å². The van der Waals surface area contributed by atoms with Crippen molar-refractivity contribution in [3.63, 3.8) is 0 Å². The topological polar surface area (TPSA) is 99.2 Å². The third-order valence-corrected chi connectivity index (χ3v) is 5.80. The molecule has 0 N–H and O–H groups in total. The van der Waals surface area contributed by atoms with Gasteiger partial charge in [0.1, 0.15) is 0 Å². The quantitative estimate of drug-likeness (QED) is 0.205. The van der Waals surface area contributed by atoms with Crippen LogP contribution in [-0.4, -0.2) is 41.7 Å². The second kappa shape index (κ2) is 6.66. The van der Waals surface area contributed by atoms with Crippen LogP contribution in [0, 0.1) is 15.4 Å². The van der Waals surface area contributed by atoms with Gasteiger partial charge in [0.05, 0.1) is 23.6 Å². The molecule has 1 aromatic carbocycles. The number of ether oxygens (including phenoxy) is 3. The molecule has 0 aliphatic carbocycles. The molecule has 2 saturated heterocycles. The Morgan fingerprint density at radius 3 is 2.29 bits per heavy atom. The van der Waals surface area contributed by atoms with Gasteiger partial charge in [0, 0.05) is 17.4 Å². The summed E-state index contributed by atoms with van der Waals surface area (Å²) in [6.07, 6.45) is 1.07. The number of imide groups is 1. The van der Waals surface area contributed by atoms with E-state index in [-0.39, 0.29) is 0 Å². The normalized spacial score (nSPS) is 30.1. The fraction of sp³-hybridized carbons (Fsp3) is 0.368. The number of esters is 2. The Bertz CT molecular complexity index is 895. The van der Waals surface area contributed by atoms with E-state index in [0.717, 1.165) is 22.3 Å². The summed E-state index contributed by atoms with van der Waals surface area (Å²) in [6, 6.07) is 6.97. The Labute approximate surface area is 173 Å². The van der Waals surface area contributed by atoms with Gasteiger partial charge in [-0.15, -0.1) is 0 Å². The van der Waals surface area contributed by atoms with Crippen molar-refractivity contribution < 1.29 is 33.4 Å². The van der Waals surface area contributed by atoms with Gasteiger partial charge in [0.2, 0.25) is 11.8 Å². The number of benzene rings is 1. The molecule has 4 atom stereocenters. The van der Waals surface area contributed by atoms with E-state index in [9.17, 15) is 19.2 Å². The van der Waals surface area contributed by atoms with Gasteiger partial charge in [-0.3, -0.25) is 19.2 Å². The summed E-state index contributed by atoms with van der Waals surface area (Å²) < 4.78 is 17.2. The Balaban J connectivity index is 1.74. The molecule has 8 nitrogen and oxygen atoms in total. The first-order valence-corrected chi connectivity index (χ1v) is 9.67. The van der Waals surface area contributed by atoms with Crippen molar-refractivity contribution >= 4 is 52.0 Å². The zero-order chi connectivity index (χ0) is 20.2. The highest BCUT2D eigenvalue weighted by atomic mass is 127. The smallest absolute Gasteiger partial charge is 0.305 e. The fourth-order valence-electron chi connectivity index (χ4n) is 4.06. The maximum absolute atomic E-state index is 13.3. The second-order valence-corrected chi connectivity index (χ2v) is 8.08. The lowest BCUT2D eigenvalue weighted by atomic mass is 9.76. The highest BCUT2D eigenvalue weighted by Gasteiger charge is 2.72. The van der Waals surface area contributed by atoms with Crippen LogP contribution in [0.3, 0.4) is 0 Å². The van der Waals surface area contributed by atoms with Crippen molar-refractivity contribution in [3.8, 4) is 0 Å². The molecule has 0 saturated carbocycles. The van der Waals surface area contributed by atoms with Crippen LogP contribution >= 0.6 is 22.6 Å². The lowest BCUT2D eigenvalue weighted by molar-refractivity contribution is -0.226. The van der Waals surface area contributed by atoms with Crippen LogP contribution in [0.25, 0.3) is 0 Å². The molecule has 146 valence electrons. The number of carbonyl (C=O) groups is 4. The SMILES string of the molecule is CC(=O)OC(OC(C)=O)[C@]12C=C[C@H](O1)[C@H]1C(=O)N(c3ccc(I)cc3)C(=O)[C@@H]12. The third-order valence-electron chi connectivity index (χ3n) is 5.08. The summed E-state index contributed by atoms with van der Waals surface area (Å²) in [5, 5.41) is 0. The Kier molecular flexibility index (Phi) is 4.53. The van der Waals surface area contributed by atoms with Crippen LogP contribution < -0.4 is 4.90 Å². The number of rotatable bonds is 4. The lowest BCUT2D eigenvalue weighted by Crippen LogP contribution is -2.52. The highest BCUT2D eigenvalue weighted by Crippen LogP contribution is 2.54. The summed E-state index contributed by atoms with van der Waals surface area (Å²) in [7, 11) is 0. The number of halogens is 1. The van der Waals surface area contributed by atoms with Crippen LogP contribution in [0.2, 0.25) is 0 Å². The first-order valence-electron chi connectivity index (χ1n) is 8.59. The fourth-order valence-corrected chi connectivity index (χ4v) is 4.42. The summed E-state index contributed by atoms with van der Waals surface area (Å²) in [5.74, 6) is -4.00. The molecule has 0 unspecified atom stereocenters. The highest BCUT2D eigenvalue weighted by molar-refractivity contribution is 14.1. The molecule has 3 aliphatic rings. The molecule has 4 rings (SSSR count). The average Bonchev–Trinajstić information content (AvgIpc) is 3.26. The van der Waals surface area contributed by atoms with Crippen LogP contribution in [0.15, 0.2) is 36.4 Å². The van der Waals surface area contributed by atoms with Gasteiger partial charge in [-0.25, -0.2) is 4.90 Å². The number of nitrogens with zero attached hydrogens (tertiary/aromatic N) is 1. The second-order valence-electron chi connectivity index (χ2n) is 6.84. The lowest BCUT2D eigenvalue weighted by Gasteiger charge is -2.34. The molecule has 3 heterocycles. The Hall–Kier alpha value is -2.27. The van der Waals surface area contributed by atoms with Crippen molar-refractivity contribution in [2.24, 2.45) is 11.8 Å². The third kappa shape index (κ3) is 2.75. The first kappa shape index (κ1) is 19.1. The monoisotopic (exact) mass is 497 g/mol. The van der Waals surface area contributed by atoms with Gasteiger partial charge in [-0.1, -0.05) is 6.08 Å². The molecule has 28 heavy (non-hydrogen) atoms. The molecular formula is C19H16INO7. The van der Waals surface area contributed by atoms with Crippen molar-refractivity contribution in [3.05, 3.63) is 40.0 Å². The zero-order valence-corrected chi connectivity index (χ0v) is 17.1. The van der Waals surface area contributed by atoms with Crippen molar-refractivity contribution in [1.29, 1.82) is 0 Å². The Morgan fingerprint density at radius 1 is 1.11 bits per heavy atom. The van der Waals surface area contributed by atoms with Gasteiger partial charge < -0.3 is 14.2 Å². The van der Waals surface area contributed by atoms with Gasteiger partial charge in [-0.05, 0) is 52.9 Å². The number of hydrogen-bond donors (Lipinski definition) is 0. The molecule has 1 aromatic rings. The van der Waals surface area contributed by atoms with Gasteiger partial charge in [0.15, 0.2) is 5.60 Å². The maximum atomic E-state index is 13.3. The molecule has 0 spiro atoms. The standard InChI is InChI=1S/C19H16INO7/c1-9(22)26-18(27-10(2)23)19-8-7-13(28-19)14-15(19)17(25)21(16(14)24)12-5-3-11(20)4-6-12/h3-8,13-15,18H,1-2H3/t13-,14+,15+,19+/m0/s1. The number of anilines is 1. The van der Waals surface area contributed by atoms with E-state index in [4.69, 9.17) is 14.2 Å². The molecular weight excluding hydrogens is 481 g/mol. The van der Waals surface area contributed by atoms with E-state index < -0.39 is 53.6 Å². The summed E-state index contributed by atoms with van der Waals surface area (Å²) in [6.45, 7) is 2.32. The van der Waals surface area contributed by atoms with Crippen molar-refractivity contribution in [2.45, 2.75) is 31.8 Å². The van der Waals surface area contributed by atoms with Gasteiger partial charge >= 0.3 is 11.9 Å². The minimum atomic E-state index is -1.53. The van der Waals surface area contributed by atoms with Crippen LogP contribution in [0.5, 0.6) is 0 Å². The zero-order valence-electron chi connectivity index (χ0n) is 15.0. The van der Waals surface area contributed by atoms with Crippen LogP contribution in [0.1, 0.15) is 13.8 Å². The van der Waals surface area contributed by atoms with Crippen LogP contribution in [0.4, 0.5) is 5.69 Å². The molecule has 2 amide bonds. The van der Waals surface area contributed by atoms with Crippen molar-refractivity contribution in [1.82, 2.24) is 0 Å². The molecule has 9 heteroatoms. The molecule has 0 radical (unpaired) electrons. The first-order chi connectivity index (χ1) is 13.2. The van der Waals surface area contributed by atoms with E-state index in [0.29, 0.717) is 5.69 Å². The minimum absolute atomic E-state index is 0.392. The van der Waals surface area contributed by atoms with E-state index in [1.165, 1.54) is 0 Å². The Morgan fingerprint density at radius 2 is 1.71 bits per heavy atom.